The summed E-state index contributed by atoms with van der Waals surface area (Å²) >= 11 is 0. The second-order valence-corrected chi connectivity index (χ2v) is 20.8. The molecule has 3 amide bonds. The van der Waals surface area contributed by atoms with E-state index in [2.05, 4.69) is 51.3 Å². The molecule has 7 unspecified atom stereocenters. The minimum atomic E-state index is -6.48. The van der Waals surface area contributed by atoms with Crippen molar-refractivity contribution < 1.29 is 112 Å². The number of carbonyl (C=O) groups excluding carboxylic acids is 3. The van der Waals surface area contributed by atoms with Gasteiger partial charge >= 0.3 is 46.9 Å². The molecule has 1 fully saturated rings. The Morgan fingerprint density at radius 2 is 1.38 bits per heavy atom. The minimum Gasteiger partial charge on any atom is -0.390 e. The number of imide groups is 1. The summed E-state index contributed by atoms with van der Waals surface area (Å²) < 4.78 is 105. The van der Waals surface area contributed by atoms with Gasteiger partial charge < -0.3 is 44.5 Å². The van der Waals surface area contributed by atoms with Crippen LogP contribution in [0.2, 0.25) is 0 Å². The lowest BCUT2D eigenvalue weighted by atomic mass is 9.93. The van der Waals surface area contributed by atoms with Crippen molar-refractivity contribution in [3.05, 3.63) is 22.1 Å². The molecule has 2 rings (SSSR count). The molecule has 2 aliphatic heterocycles. The Labute approximate surface area is 316 Å². The molecule has 0 spiro atoms. The third kappa shape index (κ3) is 19.5. The van der Waals surface area contributed by atoms with Gasteiger partial charge in [-0.05, 0) is 31.7 Å². The average molecular weight is 931 g/mol. The van der Waals surface area contributed by atoms with E-state index in [4.69, 9.17) is 10.3 Å². The van der Waals surface area contributed by atoms with Crippen molar-refractivity contribution in [1.29, 1.82) is 0 Å². The summed E-state index contributed by atoms with van der Waals surface area (Å²) in [7, 11) is -36.8. The van der Waals surface area contributed by atoms with Crippen LogP contribution in [0.1, 0.15) is 51.9 Å². The van der Waals surface area contributed by atoms with Crippen LogP contribution in [0.25, 0.3) is 10.4 Å². The Hall–Kier alpha value is -1.56. The second kappa shape index (κ2) is 21.6. The molecule has 35 heteroatoms. The summed E-state index contributed by atoms with van der Waals surface area (Å²) in [4.78, 5) is 96.0. The van der Waals surface area contributed by atoms with Gasteiger partial charge in [0.05, 0.1) is 31.3 Å². The van der Waals surface area contributed by atoms with Crippen molar-refractivity contribution in [1.82, 2.24) is 10.6 Å². The molecule has 2 aliphatic rings. The van der Waals surface area contributed by atoms with Crippen LogP contribution in [0.3, 0.4) is 0 Å². The number of carbonyl (C=O) groups is 3. The van der Waals surface area contributed by atoms with E-state index in [1.807, 2.05) is 0 Å². The number of hydrogen-bond acceptors (Lipinski definition) is 19. The highest BCUT2D eigenvalue weighted by atomic mass is 31.3. The predicted octanol–water partition coefficient (Wildman–Crippen LogP) is 2.21. The number of hydrogen-bond donors (Lipinski definition) is 9. The van der Waals surface area contributed by atoms with Gasteiger partial charge in [-0.25, -0.2) is 27.4 Å². The molecule has 1 saturated heterocycles. The highest BCUT2D eigenvalue weighted by Gasteiger charge is 2.50. The third-order valence-electron chi connectivity index (χ3n) is 6.79. The first-order valence-corrected chi connectivity index (χ1v) is 24.6. The molecular weight excluding hydrogens is 892 g/mol. The van der Waals surface area contributed by atoms with E-state index in [1.165, 1.54) is 13.0 Å². The minimum absolute atomic E-state index is 0.0608. The van der Waals surface area contributed by atoms with E-state index in [-0.39, 0.29) is 37.3 Å². The maximum Gasteiger partial charge on any atom is 0.490 e. The number of nitrogens with zero attached hydrogens (tertiary/aromatic N) is 3. The molecule has 0 bridgehead atoms. The highest BCUT2D eigenvalue weighted by Crippen LogP contribution is 2.75. The smallest absolute Gasteiger partial charge is 0.390 e. The molecule has 0 aromatic rings. The number of rotatable bonds is 26. The lowest BCUT2D eigenvalue weighted by Crippen LogP contribution is -2.44. The molecule has 0 radical (unpaired) electrons. The Bertz CT molecular complexity index is 1810. The molecule has 9 N–H and O–H groups in total. The fourth-order valence-electron chi connectivity index (χ4n) is 4.49. The lowest BCUT2D eigenvalue weighted by Gasteiger charge is -2.24. The topological polar surface area (TPSA) is 442 Å². The maximum atomic E-state index is 12.3. The summed E-state index contributed by atoms with van der Waals surface area (Å²) in [6, 6.07) is 0. The van der Waals surface area contributed by atoms with Crippen molar-refractivity contribution in [2.24, 2.45) is 11.0 Å². The number of phosphoric ester groups is 2. The number of phosphoric acid groups is 6. The first-order chi connectivity index (χ1) is 25.7. The van der Waals surface area contributed by atoms with E-state index in [0.717, 1.165) is 0 Å². The first kappa shape index (κ1) is 50.6. The van der Waals surface area contributed by atoms with Gasteiger partial charge in [0.25, 0.3) is 5.91 Å². The molecule has 0 aliphatic carbocycles. The fourth-order valence-corrected chi connectivity index (χ4v) is 12.3. The monoisotopic (exact) mass is 931 g/mol. The second-order valence-electron chi connectivity index (χ2n) is 11.4. The molecule has 56 heavy (non-hydrogen) atoms. The lowest BCUT2D eigenvalue weighted by molar-refractivity contribution is -0.135. The SMILES string of the molecule is CC1=CC([C@@H]2C[C@H](O)[C@H](COP(=O)(O)OP(=O)(O)OP(=O)(O)OP(=O)(O)OP(=O)(O)OP(=O)(O)OCCCCCCNC(=O)CCCN=[N+]=[N-])O2)C(=O)NC1=O. The number of ether oxygens (including phenoxy) is 1. The van der Waals surface area contributed by atoms with Gasteiger partial charge in [0, 0.05) is 36.4 Å². The van der Waals surface area contributed by atoms with Crippen molar-refractivity contribution in [3.8, 4) is 0 Å². The van der Waals surface area contributed by atoms with E-state index in [1.54, 1.807) is 0 Å². The average Bonchev–Trinajstić information content (AvgIpc) is 3.38. The van der Waals surface area contributed by atoms with E-state index < -0.39 is 96.2 Å². The van der Waals surface area contributed by atoms with Crippen LogP contribution in [0.5, 0.6) is 0 Å². The van der Waals surface area contributed by atoms with Crippen LogP contribution < -0.4 is 10.6 Å². The van der Waals surface area contributed by atoms with Crippen LogP contribution in [-0.2, 0) is 77.1 Å². The molecule has 2 heterocycles. The van der Waals surface area contributed by atoms with Gasteiger partial charge in [-0.1, -0.05) is 24.0 Å². The summed E-state index contributed by atoms with van der Waals surface area (Å²) in [5, 5.41) is 18.2. The number of aliphatic hydroxyl groups excluding tert-OH is 1. The molecule has 0 saturated carbocycles. The maximum absolute atomic E-state index is 12.3. The van der Waals surface area contributed by atoms with E-state index in [9.17, 15) is 76.2 Å². The van der Waals surface area contributed by atoms with E-state index >= 15 is 0 Å². The number of nitrogens with one attached hydrogen (secondary N) is 2. The van der Waals surface area contributed by atoms with Gasteiger partial charge in [0.2, 0.25) is 11.8 Å². The number of azide groups is 1. The van der Waals surface area contributed by atoms with Crippen molar-refractivity contribution in [2.45, 2.75) is 70.2 Å². The zero-order valence-electron chi connectivity index (χ0n) is 28.8. The molecule has 0 aromatic carbocycles. The van der Waals surface area contributed by atoms with Crippen LogP contribution in [-0.4, -0.2) is 96.8 Å². The van der Waals surface area contributed by atoms with Crippen molar-refractivity contribution in [3.63, 3.8) is 0 Å². The van der Waals surface area contributed by atoms with Gasteiger partial charge in [-0.2, -0.15) is 21.6 Å². The van der Waals surface area contributed by atoms with Gasteiger partial charge in [-0.3, -0.25) is 28.7 Å². The Morgan fingerprint density at radius 1 is 0.857 bits per heavy atom. The summed E-state index contributed by atoms with van der Waals surface area (Å²) in [5.74, 6) is -2.77. The van der Waals surface area contributed by atoms with Crippen LogP contribution in [0.4, 0.5) is 0 Å². The summed E-state index contributed by atoms with van der Waals surface area (Å²) in [6.07, 6.45) is -1.10. The fraction of sp³-hybridized carbons (Fsp3) is 0.762. The van der Waals surface area contributed by atoms with Gasteiger partial charge in [0.1, 0.15) is 6.10 Å². The molecule has 0 aromatic heterocycles. The number of amides is 3. The van der Waals surface area contributed by atoms with Gasteiger partial charge in [-0.15, -0.1) is 0 Å². The normalized spacial score (nSPS) is 26.5. The third-order valence-corrected chi connectivity index (χ3v) is 16.0. The Morgan fingerprint density at radius 3 is 1.93 bits per heavy atom. The number of aliphatic hydroxyl groups is 1. The predicted molar refractivity (Wildman–Crippen MR) is 181 cm³/mol. The molecule has 10 atom stereocenters. The van der Waals surface area contributed by atoms with E-state index in [0.29, 0.717) is 32.2 Å². The van der Waals surface area contributed by atoms with Crippen LogP contribution in [0.15, 0.2) is 16.8 Å². The quantitative estimate of drug-likeness (QED) is 0.0150. The zero-order chi connectivity index (χ0) is 42.6. The van der Waals surface area contributed by atoms with Crippen LogP contribution in [0, 0.1) is 5.92 Å². The largest absolute Gasteiger partial charge is 0.490 e. The highest BCUT2D eigenvalue weighted by molar-refractivity contribution is 7.72. The zero-order valence-corrected chi connectivity index (χ0v) is 34.1. The van der Waals surface area contributed by atoms with Crippen LogP contribution >= 0.6 is 46.9 Å². The molecule has 29 nitrogen and oxygen atoms in total. The number of unbranched alkanes of at least 4 members (excludes halogenated alkanes) is 3. The van der Waals surface area contributed by atoms with Crippen molar-refractivity contribution in [2.75, 3.05) is 26.3 Å². The first-order valence-electron chi connectivity index (χ1n) is 15.6. The van der Waals surface area contributed by atoms with Gasteiger partial charge in [0.15, 0.2) is 0 Å². The summed E-state index contributed by atoms with van der Waals surface area (Å²) in [5.41, 5.74) is 8.33. The summed E-state index contributed by atoms with van der Waals surface area (Å²) in [6.45, 7) is 0.193. The Kier molecular flexibility index (Phi) is 19.5. The molecule has 322 valence electrons. The Balaban J connectivity index is 1.80. The molecular formula is C21H39N5O24P6. The van der Waals surface area contributed by atoms with Crippen molar-refractivity contribution >= 4 is 64.7 Å². The standard InChI is InChI=1S/C21H39N5O24P6/c1-14-11-15(21(30)25-20(14)29)17-12-16(27)18(45-17)13-44-52(33,34)47-54(37,38)49-56(41,42)50-55(39,40)48-53(35,36)46-51(31,32)43-10-5-3-2-4-8-23-19(28)7-6-9-24-26-22/h11,15-18,27H,2-10,12-13H2,1H3,(H,23,28)(H,31,32)(H,33,34)(H,35,36)(H,37,38)(H,39,40)(H,41,42)(H,25,29,30)/t15?,16-,17-,18-/m0/s1.